The zero-order chi connectivity index (χ0) is 12.5. The highest BCUT2D eigenvalue weighted by molar-refractivity contribution is 7.93. The molecule has 0 bridgehead atoms. The molecule has 7 heteroatoms. The third-order valence-corrected chi connectivity index (χ3v) is 4.27. The summed E-state index contributed by atoms with van der Waals surface area (Å²) in [6.45, 7) is 1.78. The van der Waals surface area contributed by atoms with Crippen molar-refractivity contribution in [1.82, 2.24) is 0 Å². The Balaban J connectivity index is 2.20. The van der Waals surface area contributed by atoms with Crippen molar-refractivity contribution in [1.29, 1.82) is 0 Å². The molecular formula is C10H14N2O4S. The first-order valence-electron chi connectivity index (χ1n) is 5.14. The van der Waals surface area contributed by atoms with Gasteiger partial charge in [-0.1, -0.05) is 0 Å². The van der Waals surface area contributed by atoms with Gasteiger partial charge in [-0.05, 0) is 19.1 Å². The van der Waals surface area contributed by atoms with E-state index < -0.39 is 15.3 Å². The Hall–Kier alpha value is -1.47. The summed E-state index contributed by atoms with van der Waals surface area (Å²) in [4.78, 5) is 0. The van der Waals surface area contributed by atoms with Gasteiger partial charge in [-0.25, -0.2) is 8.42 Å². The summed E-state index contributed by atoms with van der Waals surface area (Å²) in [5.74, 6) is 1.14. The van der Waals surface area contributed by atoms with Crippen molar-refractivity contribution in [2.24, 2.45) is 5.73 Å². The third kappa shape index (κ3) is 2.45. The molecule has 0 saturated carbocycles. The first-order chi connectivity index (χ1) is 8.03. The van der Waals surface area contributed by atoms with Gasteiger partial charge in [0.05, 0.1) is 10.9 Å². The SMILES string of the molecule is CC(CN)S(=O)(=O)Nc1ccc2c(c1)OCO2. The van der Waals surface area contributed by atoms with Crippen LogP contribution in [-0.2, 0) is 10.0 Å². The minimum Gasteiger partial charge on any atom is -0.454 e. The molecule has 2 rings (SSSR count). The highest BCUT2D eigenvalue weighted by atomic mass is 32.2. The standard InChI is InChI=1S/C10H14N2O4S/c1-7(5-11)17(13,14)12-8-2-3-9-10(4-8)16-6-15-9/h2-4,7,12H,5-6,11H2,1H3. The number of nitrogens with one attached hydrogen (secondary N) is 1. The average Bonchev–Trinajstić information content (AvgIpc) is 2.74. The van der Waals surface area contributed by atoms with Crippen LogP contribution in [0.1, 0.15) is 6.92 Å². The molecule has 17 heavy (non-hydrogen) atoms. The molecule has 0 fully saturated rings. The van der Waals surface area contributed by atoms with Crippen LogP contribution in [0.2, 0.25) is 0 Å². The second-order valence-electron chi connectivity index (χ2n) is 3.76. The van der Waals surface area contributed by atoms with Crippen LogP contribution in [-0.4, -0.2) is 27.0 Å². The average molecular weight is 258 g/mol. The minimum absolute atomic E-state index is 0.0693. The summed E-state index contributed by atoms with van der Waals surface area (Å²) in [5, 5.41) is -0.645. The van der Waals surface area contributed by atoms with Crippen molar-refractivity contribution in [2.75, 3.05) is 18.1 Å². The van der Waals surface area contributed by atoms with Gasteiger partial charge < -0.3 is 15.2 Å². The van der Waals surface area contributed by atoms with Gasteiger partial charge in [0, 0.05) is 12.6 Å². The molecule has 94 valence electrons. The van der Waals surface area contributed by atoms with E-state index in [1.54, 1.807) is 25.1 Å². The number of anilines is 1. The number of rotatable bonds is 4. The fourth-order valence-electron chi connectivity index (χ4n) is 1.35. The molecule has 0 aliphatic carbocycles. The molecule has 1 aliphatic heterocycles. The molecule has 1 heterocycles. The number of benzene rings is 1. The van der Waals surface area contributed by atoms with E-state index in [0.29, 0.717) is 17.2 Å². The lowest BCUT2D eigenvalue weighted by atomic mass is 10.3. The Morgan fingerprint density at radius 2 is 2.12 bits per heavy atom. The van der Waals surface area contributed by atoms with Crippen molar-refractivity contribution >= 4 is 15.7 Å². The van der Waals surface area contributed by atoms with Gasteiger partial charge in [-0.3, -0.25) is 4.72 Å². The maximum atomic E-state index is 11.8. The number of fused-ring (bicyclic) bond motifs is 1. The number of hydrogen-bond acceptors (Lipinski definition) is 5. The van der Waals surface area contributed by atoms with E-state index in [9.17, 15) is 8.42 Å². The number of nitrogens with two attached hydrogens (primary N) is 1. The maximum absolute atomic E-state index is 11.8. The lowest BCUT2D eigenvalue weighted by molar-refractivity contribution is 0.174. The predicted molar refractivity (Wildman–Crippen MR) is 63.6 cm³/mol. The molecule has 1 unspecified atom stereocenters. The Morgan fingerprint density at radius 3 is 2.82 bits per heavy atom. The Bertz CT molecular complexity index is 515. The summed E-state index contributed by atoms with van der Waals surface area (Å²) in [6, 6.07) is 4.87. The summed E-state index contributed by atoms with van der Waals surface area (Å²) in [5.41, 5.74) is 5.78. The lowest BCUT2D eigenvalue weighted by Crippen LogP contribution is -2.31. The van der Waals surface area contributed by atoms with Gasteiger partial charge in [0.1, 0.15) is 0 Å². The van der Waals surface area contributed by atoms with Gasteiger partial charge >= 0.3 is 0 Å². The molecule has 3 N–H and O–H groups in total. The number of sulfonamides is 1. The minimum atomic E-state index is -3.45. The van der Waals surface area contributed by atoms with Crippen LogP contribution in [0.3, 0.4) is 0 Å². The molecule has 1 aromatic rings. The molecule has 0 aromatic heterocycles. The second kappa shape index (κ2) is 4.42. The first-order valence-corrected chi connectivity index (χ1v) is 6.69. The molecule has 0 radical (unpaired) electrons. The van der Waals surface area contributed by atoms with Crippen LogP contribution >= 0.6 is 0 Å². The zero-order valence-electron chi connectivity index (χ0n) is 9.34. The van der Waals surface area contributed by atoms with E-state index in [4.69, 9.17) is 15.2 Å². The summed E-state index contributed by atoms with van der Waals surface area (Å²) in [6.07, 6.45) is 0. The van der Waals surface area contributed by atoms with E-state index in [1.165, 1.54) is 0 Å². The van der Waals surface area contributed by atoms with Crippen LogP contribution in [0.5, 0.6) is 11.5 Å². The lowest BCUT2D eigenvalue weighted by Gasteiger charge is -2.13. The molecular weight excluding hydrogens is 244 g/mol. The topological polar surface area (TPSA) is 90.7 Å². The van der Waals surface area contributed by atoms with Crippen molar-refractivity contribution in [3.63, 3.8) is 0 Å². The molecule has 1 aromatic carbocycles. The van der Waals surface area contributed by atoms with Crippen molar-refractivity contribution in [2.45, 2.75) is 12.2 Å². The van der Waals surface area contributed by atoms with Crippen LogP contribution in [0, 0.1) is 0 Å². The van der Waals surface area contributed by atoms with E-state index >= 15 is 0 Å². The van der Waals surface area contributed by atoms with Crippen molar-refractivity contribution in [3.8, 4) is 11.5 Å². The van der Waals surface area contributed by atoms with Crippen molar-refractivity contribution in [3.05, 3.63) is 18.2 Å². The van der Waals surface area contributed by atoms with Gasteiger partial charge in [-0.15, -0.1) is 0 Å². The Labute approximate surface area is 99.8 Å². The smallest absolute Gasteiger partial charge is 0.236 e. The summed E-state index contributed by atoms with van der Waals surface area (Å²) < 4.78 is 36.3. The van der Waals surface area contributed by atoms with Crippen molar-refractivity contribution < 1.29 is 17.9 Å². The Morgan fingerprint density at radius 1 is 1.41 bits per heavy atom. The van der Waals surface area contributed by atoms with Gasteiger partial charge in [0.25, 0.3) is 0 Å². The van der Waals surface area contributed by atoms with E-state index in [2.05, 4.69) is 4.72 Å². The first kappa shape index (κ1) is 12.0. The largest absolute Gasteiger partial charge is 0.454 e. The fraction of sp³-hybridized carbons (Fsp3) is 0.400. The third-order valence-electron chi connectivity index (χ3n) is 2.49. The summed E-state index contributed by atoms with van der Waals surface area (Å²) in [7, 11) is -3.45. The normalized spacial score (nSPS) is 15.6. The molecule has 1 aliphatic rings. The highest BCUT2D eigenvalue weighted by Gasteiger charge is 2.20. The molecule has 0 spiro atoms. The van der Waals surface area contributed by atoms with E-state index in [0.717, 1.165) is 0 Å². The predicted octanol–water partition coefficient (Wildman–Crippen LogP) is 0.504. The summed E-state index contributed by atoms with van der Waals surface area (Å²) >= 11 is 0. The zero-order valence-corrected chi connectivity index (χ0v) is 10.2. The van der Waals surface area contributed by atoms with E-state index in [1.807, 2.05) is 0 Å². The fourth-order valence-corrected chi connectivity index (χ4v) is 2.26. The number of hydrogen-bond donors (Lipinski definition) is 2. The molecule has 0 amide bonds. The van der Waals surface area contributed by atoms with Crippen LogP contribution in [0.25, 0.3) is 0 Å². The molecule has 1 atom stereocenters. The van der Waals surface area contributed by atoms with Crippen LogP contribution < -0.4 is 19.9 Å². The van der Waals surface area contributed by atoms with Gasteiger partial charge in [0.2, 0.25) is 16.8 Å². The molecule has 0 saturated heterocycles. The monoisotopic (exact) mass is 258 g/mol. The highest BCUT2D eigenvalue weighted by Crippen LogP contribution is 2.34. The quantitative estimate of drug-likeness (QED) is 0.821. The second-order valence-corrected chi connectivity index (χ2v) is 5.86. The molecule has 6 nitrogen and oxygen atoms in total. The van der Waals surface area contributed by atoms with Gasteiger partial charge in [-0.2, -0.15) is 0 Å². The van der Waals surface area contributed by atoms with Crippen LogP contribution in [0.4, 0.5) is 5.69 Å². The maximum Gasteiger partial charge on any atom is 0.236 e. The van der Waals surface area contributed by atoms with Crippen LogP contribution in [0.15, 0.2) is 18.2 Å². The van der Waals surface area contributed by atoms with Gasteiger partial charge in [0.15, 0.2) is 11.5 Å². The Kier molecular flexibility index (Phi) is 3.12. The number of ether oxygens (including phenoxy) is 2. The van der Waals surface area contributed by atoms with E-state index in [-0.39, 0.29) is 13.3 Å².